The predicted molar refractivity (Wildman–Crippen MR) is 144 cm³/mol. The molecule has 1 atom stereocenters. The van der Waals surface area contributed by atoms with Crippen LogP contribution in [-0.2, 0) is 14.8 Å². The van der Waals surface area contributed by atoms with E-state index in [0.29, 0.717) is 5.76 Å². The molecule has 5 nitrogen and oxygen atoms in total. The van der Waals surface area contributed by atoms with E-state index in [-0.39, 0.29) is 17.0 Å². The van der Waals surface area contributed by atoms with Crippen LogP contribution in [0.5, 0.6) is 0 Å². The Morgan fingerprint density at radius 3 is 1.89 bits per heavy atom. The number of benzene rings is 4. The topological polar surface area (TPSA) is 59.0 Å². The molecule has 4 aromatic carbocycles. The van der Waals surface area contributed by atoms with Gasteiger partial charge in [-0.25, -0.2) is 0 Å². The van der Waals surface area contributed by atoms with Crippen molar-refractivity contribution >= 4 is 27.5 Å². The summed E-state index contributed by atoms with van der Waals surface area (Å²) < 4.78 is 37.3. The quantitative estimate of drug-likeness (QED) is 0.311. The monoisotopic (exact) mass is 494 g/mol. The van der Waals surface area contributed by atoms with Crippen LogP contribution in [0.1, 0.15) is 28.3 Å². The Hall–Kier alpha value is -4.16. The highest BCUT2D eigenvalue weighted by atomic mass is 32.2. The van der Waals surface area contributed by atoms with Gasteiger partial charge in [0.2, 0.25) is 0 Å². The zero-order valence-corrected chi connectivity index (χ0v) is 20.9. The summed E-state index contributed by atoms with van der Waals surface area (Å²) in [5.41, 5.74) is 4.70. The maximum atomic E-state index is 13.4. The second kappa shape index (κ2) is 9.84. The first kappa shape index (κ1) is 23.6. The van der Waals surface area contributed by atoms with Gasteiger partial charge >= 0.3 is 6.02 Å². The minimum atomic E-state index is -4.04. The maximum Gasteiger partial charge on any atom is 0.314 e. The molecule has 5 rings (SSSR count). The summed E-state index contributed by atoms with van der Waals surface area (Å²) in [4.78, 5) is 1.93. The predicted octanol–water partition coefficient (Wildman–Crippen LogP) is 6.67. The number of para-hydroxylation sites is 1. The number of ether oxygens (including phenoxy) is 1. The number of nitrogens with zero attached hydrogens (tertiary/aromatic N) is 2. The van der Waals surface area contributed by atoms with Crippen molar-refractivity contribution in [3.8, 4) is 0 Å². The molecule has 0 radical (unpaired) electrons. The van der Waals surface area contributed by atoms with Crippen molar-refractivity contribution in [2.24, 2.45) is 4.40 Å². The number of amidine groups is 1. The fraction of sp³-hybridized carbons (Fsp3) is 0.100. The molecule has 4 aromatic rings. The molecule has 36 heavy (non-hydrogen) atoms. The van der Waals surface area contributed by atoms with Crippen molar-refractivity contribution in [3.05, 3.63) is 138 Å². The third-order valence-electron chi connectivity index (χ3n) is 6.02. The fourth-order valence-electron chi connectivity index (χ4n) is 4.07. The van der Waals surface area contributed by atoms with Crippen LogP contribution in [0.25, 0.3) is 5.76 Å². The van der Waals surface area contributed by atoms with Gasteiger partial charge in [-0.05, 0) is 49.8 Å². The Labute approximate surface area is 212 Å². The summed E-state index contributed by atoms with van der Waals surface area (Å²) in [5, 5.41) is 0. The van der Waals surface area contributed by atoms with Crippen LogP contribution in [0.15, 0.2) is 125 Å². The van der Waals surface area contributed by atoms with E-state index in [1.807, 2.05) is 110 Å². The highest BCUT2D eigenvalue weighted by Crippen LogP contribution is 2.37. The smallest absolute Gasteiger partial charge is 0.314 e. The minimum Gasteiger partial charge on any atom is -0.425 e. The first-order valence-electron chi connectivity index (χ1n) is 11.7. The molecular formula is C30H26N2O3S. The molecule has 0 bridgehead atoms. The number of hydrogen-bond donors (Lipinski definition) is 0. The van der Waals surface area contributed by atoms with Crippen LogP contribution in [0, 0.1) is 13.8 Å². The van der Waals surface area contributed by atoms with Crippen molar-refractivity contribution in [2.75, 3.05) is 4.90 Å². The van der Waals surface area contributed by atoms with E-state index in [2.05, 4.69) is 4.40 Å². The van der Waals surface area contributed by atoms with Crippen molar-refractivity contribution in [1.29, 1.82) is 0 Å². The highest BCUT2D eigenvalue weighted by molar-refractivity contribution is 7.90. The van der Waals surface area contributed by atoms with Crippen LogP contribution in [0.4, 0.5) is 5.69 Å². The molecule has 0 aromatic heterocycles. The van der Waals surface area contributed by atoms with E-state index in [1.54, 1.807) is 24.3 Å². The lowest BCUT2D eigenvalue weighted by atomic mass is 9.99. The lowest BCUT2D eigenvalue weighted by Gasteiger charge is -2.36. The van der Waals surface area contributed by atoms with E-state index >= 15 is 0 Å². The Morgan fingerprint density at radius 1 is 0.722 bits per heavy atom. The van der Waals surface area contributed by atoms with Gasteiger partial charge in [0, 0.05) is 11.3 Å². The SMILES string of the molecule is Cc1ccc([C@@H]2C=C(c3ccccc3)O/C(=N\S(=O)(=O)c3ccc(C)cc3)N2c2ccccc2)cc1. The molecule has 0 fully saturated rings. The molecule has 0 spiro atoms. The van der Waals surface area contributed by atoms with Crippen LogP contribution in [0.3, 0.4) is 0 Å². The molecule has 0 amide bonds. The van der Waals surface area contributed by atoms with E-state index in [4.69, 9.17) is 4.74 Å². The van der Waals surface area contributed by atoms with Crippen molar-refractivity contribution in [1.82, 2.24) is 0 Å². The minimum absolute atomic E-state index is 0.00583. The average molecular weight is 495 g/mol. The van der Waals surface area contributed by atoms with Gasteiger partial charge in [-0.2, -0.15) is 8.42 Å². The number of aryl methyl sites for hydroxylation is 2. The molecule has 1 aliphatic heterocycles. The van der Waals surface area contributed by atoms with Crippen LogP contribution < -0.4 is 4.90 Å². The summed E-state index contributed by atoms with van der Waals surface area (Å²) in [5.74, 6) is 0.547. The van der Waals surface area contributed by atoms with Gasteiger partial charge in [-0.15, -0.1) is 4.40 Å². The third-order valence-corrected chi connectivity index (χ3v) is 7.29. The summed E-state index contributed by atoms with van der Waals surface area (Å²) in [6.45, 7) is 3.95. The summed E-state index contributed by atoms with van der Waals surface area (Å²) in [6.07, 6.45) is 2.00. The van der Waals surface area contributed by atoms with Crippen molar-refractivity contribution < 1.29 is 13.2 Å². The molecule has 1 heterocycles. The molecule has 6 heteroatoms. The zero-order valence-electron chi connectivity index (χ0n) is 20.1. The molecule has 0 aliphatic carbocycles. The van der Waals surface area contributed by atoms with Gasteiger partial charge in [0.05, 0.1) is 10.9 Å². The molecule has 0 N–H and O–H groups in total. The summed E-state index contributed by atoms with van der Waals surface area (Å²) in [6, 6.07) is 33.7. The molecule has 0 saturated carbocycles. The number of sulfonamides is 1. The van der Waals surface area contributed by atoms with Gasteiger partial charge in [-0.1, -0.05) is 96.1 Å². The lowest BCUT2D eigenvalue weighted by molar-refractivity contribution is 0.465. The van der Waals surface area contributed by atoms with Gasteiger partial charge in [0.25, 0.3) is 10.0 Å². The van der Waals surface area contributed by atoms with E-state index in [9.17, 15) is 8.42 Å². The first-order chi connectivity index (χ1) is 17.4. The van der Waals surface area contributed by atoms with Crippen LogP contribution in [-0.4, -0.2) is 14.4 Å². The normalized spacial score (nSPS) is 16.9. The number of anilines is 1. The Bertz CT molecular complexity index is 1510. The standard InChI is InChI=1S/C30H26N2O3S/c1-22-13-17-24(18-14-22)28-21-29(25-9-5-3-6-10-25)35-30(32(28)26-11-7-4-8-12-26)31-36(33,34)27-19-15-23(2)16-20-27/h3-21,28H,1-2H3/b31-30-/t28-/m0/s1. The molecule has 1 aliphatic rings. The Balaban J connectivity index is 1.71. The number of hydrogen-bond acceptors (Lipinski definition) is 3. The van der Waals surface area contributed by atoms with Gasteiger partial charge < -0.3 is 4.74 Å². The molecule has 180 valence electrons. The Morgan fingerprint density at radius 2 is 1.28 bits per heavy atom. The van der Waals surface area contributed by atoms with Crippen LogP contribution in [0.2, 0.25) is 0 Å². The summed E-state index contributed by atoms with van der Waals surface area (Å²) >= 11 is 0. The Kier molecular flexibility index (Phi) is 6.44. The number of rotatable bonds is 5. The van der Waals surface area contributed by atoms with Gasteiger partial charge in [0.15, 0.2) is 0 Å². The molecule has 0 saturated heterocycles. The second-order valence-corrected chi connectivity index (χ2v) is 10.3. The second-order valence-electron chi connectivity index (χ2n) is 8.72. The van der Waals surface area contributed by atoms with E-state index < -0.39 is 10.0 Å². The van der Waals surface area contributed by atoms with Crippen molar-refractivity contribution in [3.63, 3.8) is 0 Å². The lowest BCUT2D eigenvalue weighted by Crippen LogP contribution is -2.39. The highest BCUT2D eigenvalue weighted by Gasteiger charge is 2.33. The largest absolute Gasteiger partial charge is 0.425 e. The van der Waals surface area contributed by atoms with Gasteiger partial charge in [-0.3, -0.25) is 4.90 Å². The van der Waals surface area contributed by atoms with E-state index in [0.717, 1.165) is 27.9 Å². The molecular weight excluding hydrogens is 468 g/mol. The zero-order chi connectivity index (χ0) is 25.1. The van der Waals surface area contributed by atoms with E-state index in [1.165, 1.54) is 0 Å². The van der Waals surface area contributed by atoms with Crippen molar-refractivity contribution in [2.45, 2.75) is 24.8 Å². The van der Waals surface area contributed by atoms with Gasteiger partial charge in [0.1, 0.15) is 5.76 Å². The summed E-state index contributed by atoms with van der Waals surface area (Å²) in [7, 11) is -4.04. The fourth-order valence-corrected chi connectivity index (χ4v) is 4.99. The third kappa shape index (κ3) is 4.95. The average Bonchev–Trinajstić information content (AvgIpc) is 2.90. The van der Waals surface area contributed by atoms with Crippen LogP contribution >= 0.6 is 0 Å². The molecule has 0 unspecified atom stereocenters. The first-order valence-corrected chi connectivity index (χ1v) is 13.1. The maximum absolute atomic E-state index is 13.4.